The van der Waals surface area contributed by atoms with Gasteiger partial charge < -0.3 is 4.90 Å². The highest BCUT2D eigenvalue weighted by atomic mass is 32.2. The van der Waals surface area contributed by atoms with Crippen molar-refractivity contribution in [2.45, 2.75) is 36.6 Å². The summed E-state index contributed by atoms with van der Waals surface area (Å²) < 4.78 is 9.15. The molecule has 1 aromatic rings. The van der Waals surface area contributed by atoms with Crippen molar-refractivity contribution in [1.29, 1.82) is 0 Å². The van der Waals surface area contributed by atoms with Gasteiger partial charge in [-0.05, 0) is 44.1 Å². The molecular formula is C13H19N3S2. The minimum atomic E-state index is 0.659. The highest BCUT2D eigenvalue weighted by Gasteiger charge is 2.35. The molecule has 3 heterocycles. The summed E-state index contributed by atoms with van der Waals surface area (Å²) >= 11 is 3.37. The van der Waals surface area contributed by atoms with E-state index in [1.165, 1.54) is 73.5 Å². The molecule has 18 heavy (non-hydrogen) atoms. The smallest absolute Gasteiger partial charge is 0.134 e. The fourth-order valence-electron chi connectivity index (χ4n) is 3.28. The third kappa shape index (κ3) is 2.32. The van der Waals surface area contributed by atoms with Crippen LogP contribution in [0, 0.1) is 11.8 Å². The van der Waals surface area contributed by atoms with Crippen LogP contribution in [-0.2, 0) is 0 Å². The highest BCUT2D eigenvalue weighted by molar-refractivity contribution is 7.99. The lowest BCUT2D eigenvalue weighted by atomic mass is 9.89. The van der Waals surface area contributed by atoms with Crippen molar-refractivity contribution in [3.8, 4) is 0 Å². The predicted octanol–water partition coefficient (Wildman–Crippen LogP) is 2.85. The molecule has 3 aliphatic rings. The fraction of sp³-hybridized carbons (Fsp3) is 0.846. The standard InChI is InChI=1S/C13H19N3S2/c1-2-9(1)8-17-13-12(14-18-15-13)11-5-10-3-4-16(6-10)7-11/h9-11H,1-8H2. The normalized spacial score (nSPS) is 35.0. The first-order chi connectivity index (χ1) is 8.88. The lowest BCUT2D eigenvalue weighted by Gasteiger charge is -2.29. The Labute approximate surface area is 117 Å². The molecule has 1 aromatic heterocycles. The zero-order chi connectivity index (χ0) is 11.9. The Hall–Kier alpha value is -0.130. The van der Waals surface area contributed by atoms with E-state index in [1.807, 2.05) is 11.8 Å². The van der Waals surface area contributed by atoms with Crippen LogP contribution in [0.15, 0.2) is 5.03 Å². The van der Waals surface area contributed by atoms with Gasteiger partial charge in [-0.15, -0.1) is 11.8 Å². The van der Waals surface area contributed by atoms with Crippen LogP contribution in [0.2, 0.25) is 0 Å². The average Bonchev–Trinajstić information content (AvgIpc) is 3.00. The quantitative estimate of drug-likeness (QED) is 0.794. The second kappa shape index (κ2) is 4.76. The van der Waals surface area contributed by atoms with E-state index in [1.54, 1.807) is 0 Å². The average molecular weight is 281 g/mol. The molecule has 98 valence electrons. The molecule has 1 aliphatic carbocycles. The summed E-state index contributed by atoms with van der Waals surface area (Å²) in [5.41, 5.74) is 1.32. The summed E-state index contributed by atoms with van der Waals surface area (Å²) in [7, 11) is 0. The Balaban J connectivity index is 1.47. The monoisotopic (exact) mass is 281 g/mol. The summed E-state index contributed by atoms with van der Waals surface area (Å²) in [5, 5.41) is 1.25. The van der Waals surface area contributed by atoms with Crippen molar-refractivity contribution in [3.63, 3.8) is 0 Å². The van der Waals surface area contributed by atoms with Gasteiger partial charge in [0.1, 0.15) is 5.03 Å². The van der Waals surface area contributed by atoms with Crippen LogP contribution in [0.5, 0.6) is 0 Å². The molecule has 0 spiro atoms. The van der Waals surface area contributed by atoms with Crippen LogP contribution in [0.25, 0.3) is 0 Å². The first-order valence-corrected chi connectivity index (χ1v) is 8.77. The SMILES string of the molecule is C1CC1CSc1nsnc1C1CC2CCN(C2)C1. The molecule has 4 rings (SSSR count). The Bertz CT molecular complexity index is 418. The van der Waals surface area contributed by atoms with Crippen LogP contribution >= 0.6 is 23.5 Å². The summed E-state index contributed by atoms with van der Waals surface area (Å²) in [6.45, 7) is 3.86. The molecule has 3 atom stereocenters. The highest BCUT2D eigenvalue weighted by Crippen LogP contribution is 2.40. The van der Waals surface area contributed by atoms with Crippen LogP contribution < -0.4 is 0 Å². The lowest BCUT2D eigenvalue weighted by Crippen LogP contribution is -2.32. The maximum atomic E-state index is 4.62. The Kier molecular flexibility index (Phi) is 3.09. The zero-order valence-electron chi connectivity index (χ0n) is 10.5. The molecule has 0 N–H and O–H groups in total. The number of piperidine rings is 1. The molecule has 2 bridgehead atoms. The Morgan fingerprint density at radius 1 is 1.22 bits per heavy atom. The van der Waals surface area contributed by atoms with E-state index in [0.717, 1.165) is 11.8 Å². The first kappa shape index (κ1) is 11.7. The Morgan fingerprint density at radius 2 is 2.17 bits per heavy atom. The molecular weight excluding hydrogens is 262 g/mol. The van der Waals surface area contributed by atoms with E-state index in [0.29, 0.717) is 5.92 Å². The van der Waals surface area contributed by atoms with Gasteiger partial charge in [0.2, 0.25) is 0 Å². The molecule has 0 aromatic carbocycles. The van der Waals surface area contributed by atoms with E-state index in [9.17, 15) is 0 Å². The predicted molar refractivity (Wildman–Crippen MR) is 75.3 cm³/mol. The number of hydrogen-bond acceptors (Lipinski definition) is 5. The lowest BCUT2D eigenvalue weighted by molar-refractivity contribution is 0.240. The minimum absolute atomic E-state index is 0.659. The van der Waals surface area contributed by atoms with Crippen LogP contribution in [0.3, 0.4) is 0 Å². The summed E-state index contributed by atoms with van der Waals surface area (Å²) in [6.07, 6.45) is 5.61. The van der Waals surface area contributed by atoms with E-state index in [4.69, 9.17) is 0 Å². The van der Waals surface area contributed by atoms with Crippen molar-refractivity contribution in [2.24, 2.45) is 11.8 Å². The van der Waals surface area contributed by atoms with Crippen molar-refractivity contribution >= 4 is 23.5 Å². The van der Waals surface area contributed by atoms with Gasteiger partial charge in [-0.1, -0.05) is 0 Å². The van der Waals surface area contributed by atoms with Gasteiger partial charge in [0.05, 0.1) is 17.4 Å². The maximum absolute atomic E-state index is 4.62. The number of fused-ring (bicyclic) bond motifs is 2. The molecule has 3 nitrogen and oxygen atoms in total. The summed E-state index contributed by atoms with van der Waals surface area (Å²) in [4.78, 5) is 2.62. The minimum Gasteiger partial charge on any atom is -0.302 e. The zero-order valence-corrected chi connectivity index (χ0v) is 12.2. The van der Waals surface area contributed by atoms with Gasteiger partial charge >= 0.3 is 0 Å². The van der Waals surface area contributed by atoms with E-state index < -0.39 is 0 Å². The van der Waals surface area contributed by atoms with E-state index in [-0.39, 0.29) is 0 Å². The molecule has 2 saturated heterocycles. The summed E-state index contributed by atoms with van der Waals surface area (Å²) in [6, 6.07) is 0. The van der Waals surface area contributed by atoms with E-state index in [2.05, 4.69) is 13.6 Å². The van der Waals surface area contributed by atoms with E-state index >= 15 is 0 Å². The number of thioether (sulfide) groups is 1. The fourth-order valence-corrected chi connectivity index (χ4v) is 5.26. The largest absolute Gasteiger partial charge is 0.302 e. The molecule has 5 heteroatoms. The van der Waals surface area contributed by atoms with Crippen LogP contribution in [0.1, 0.15) is 37.3 Å². The number of nitrogens with zero attached hydrogens (tertiary/aromatic N) is 3. The van der Waals surface area contributed by atoms with Gasteiger partial charge in [-0.25, -0.2) is 0 Å². The van der Waals surface area contributed by atoms with Crippen LogP contribution in [0.4, 0.5) is 0 Å². The molecule has 0 amide bonds. The molecule has 3 fully saturated rings. The van der Waals surface area contributed by atoms with Crippen molar-refractivity contribution < 1.29 is 0 Å². The molecule has 0 radical (unpaired) electrons. The third-order valence-electron chi connectivity index (χ3n) is 4.49. The second-order valence-corrected chi connectivity index (χ2v) is 7.59. The third-order valence-corrected chi connectivity index (χ3v) is 6.36. The molecule has 2 aliphatic heterocycles. The topological polar surface area (TPSA) is 29.0 Å². The maximum Gasteiger partial charge on any atom is 0.134 e. The van der Waals surface area contributed by atoms with Crippen molar-refractivity contribution in [3.05, 3.63) is 5.69 Å². The van der Waals surface area contributed by atoms with Gasteiger partial charge in [0, 0.05) is 24.8 Å². The van der Waals surface area contributed by atoms with Gasteiger partial charge in [0.25, 0.3) is 0 Å². The molecule has 3 unspecified atom stereocenters. The Morgan fingerprint density at radius 3 is 3.00 bits per heavy atom. The number of rotatable bonds is 4. The number of aromatic nitrogens is 2. The summed E-state index contributed by atoms with van der Waals surface area (Å²) in [5.74, 6) is 3.81. The van der Waals surface area contributed by atoms with Crippen molar-refractivity contribution in [1.82, 2.24) is 13.6 Å². The van der Waals surface area contributed by atoms with Gasteiger partial charge in [-0.2, -0.15) is 8.75 Å². The molecule has 1 saturated carbocycles. The first-order valence-electron chi connectivity index (χ1n) is 7.06. The van der Waals surface area contributed by atoms with Gasteiger partial charge in [-0.3, -0.25) is 0 Å². The van der Waals surface area contributed by atoms with Gasteiger partial charge in [0.15, 0.2) is 0 Å². The number of hydrogen-bond donors (Lipinski definition) is 0. The second-order valence-electron chi connectivity index (χ2n) is 6.06. The van der Waals surface area contributed by atoms with Crippen molar-refractivity contribution in [2.75, 3.05) is 25.4 Å². The van der Waals surface area contributed by atoms with Crippen LogP contribution in [-0.4, -0.2) is 39.0 Å².